The van der Waals surface area contributed by atoms with E-state index < -0.39 is 5.82 Å². The normalized spacial score (nSPS) is 14.0. The molecule has 1 aliphatic heterocycles. The van der Waals surface area contributed by atoms with Gasteiger partial charge in [0.05, 0.1) is 20.3 Å². The maximum absolute atomic E-state index is 13.7. The lowest BCUT2D eigenvalue weighted by Gasteiger charge is -2.27. The van der Waals surface area contributed by atoms with Crippen LogP contribution >= 0.6 is 0 Å². The molecule has 0 aliphatic carbocycles. The van der Waals surface area contributed by atoms with Gasteiger partial charge in [0.2, 0.25) is 11.9 Å². The molecular weight excluding hydrogens is 367 g/mol. The zero-order valence-electron chi connectivity index (χ0n) is 15.9. The number of anilines is 2. The van der Waals surface area contributed by atoms with Crippen LogP contribution in [0.4, 0.5) is 16.0 Å². The molecular formula is C19H23FN4O4. The second-order valence-corrected chi connectivity index (χ2v) is 6.45. The number of hydrogen-bond acceptors (Lipinski definition) is 6. The maximum atomic E-state index is 13.7. The van der Waals surface area contributed by atoms with Gasteiger partial charge < -0.3 is 19.7 Å². The molecule has 9 heteroatoms. The van der Waals surface area contributed by atoms with E-state index in [-0.39, 0.29) is 30.1 Å². The number of aromatic nitrogens is 2. The highest BCUT2D eigenvalue weighted by Gasteiger charge is 2.17. The van der Waals surface area contributed by atoms with Crippen LogP contribution < -0.4 is 20.5 Å². The molecule has 2 N–H and O–H groups in total. The number of morpholine rings is 1. The van der Waals surface area contributed by atoms with E-state index >= 15 is 0 Å². The molecule has 2 aromatic rings. The van der Waals surface area contributed by atoms with Gasteiger partial charge in [-0.2, -0.15) is 0 Å². The van der Waals surface area contributed by atoms with Crippen molar-refractivity contribution < 1.29 is 18.7 Å². The molecule has 1 aliphatic rings. The summed E-state index contributed by atoms with van der Waals surface area (Å²) in [5.74, 6) is -0.254. The quantitative estimate of drug-likeness (QED) is 0.778. The fraction of sp³-hybridized carbons (Fsp3) is 0.421. The topological polar surface area (TPSA) is 96.5 Å². The Morgan fingerprint density at radius 1 is 1.39 bits per heavy atom. The fourth-order valence-corrected chi connectivity index (χ4v) is 3.02. The third-order valence-corrected chi connectivity index (χ3v) is 4.56. The van der Waals surface area contributed by atoms with Crippen molar-refractivity contribution in [2.24, 2.45) is 0 Å². The van der Waals surface area contributed by atoms with Crippen molar-refractivity contribution in [3.8, 4) is 5.75 Å². The third kappa shape index (κ3) is 4.66. The van der Waals surface area contributed by atoms with Crippen molar-refractivity contribution in [1.29, 1.82) is 0 Å². The fourth-order valence-electron chi connectivity index (χ4n) is 3.02. The van der Waals surface area contributed by atoms with Crippen molar-refractivity contribution in [3.05, 3.63) is 45.6 Å². The highest BCUT2D eigenvalue weighted by Crippen LogP contribution is 2.21. The molecule has 150 valence electrons. The standard InChI is InChI=1S/C19H23FN4O4/c1-12-14(18(26)23-19(21-12)24-7-9-28-10-8-24)4-6-17(25)22-13-3-5-16(27-2)15(20)11-13/h3,5,11H,4,6-10H2,1-2H3,(H,22,25)(H,21,23,26). The number of H-pyrrole nitrogens is 1. The lowest BCUT2D eigenvalue weighted by molar-refractivity contribution is -0.116. The monoisotopic (exact) mass is 390 g/mol. The number of ether oxygens (including phenoxy) is 2. The predicted molar refractivity (Wildman–Crippen MR) is 103 cm³/mol. The number of amides is 1. The van der Waals surface area contributed by atoms with Gasteiger partial charge in [-0.25, -0.2) is 9.37 Å². The van der Waals surface area contributed by atoms with Crippen LogP contribution in [0.25, 0.3) is 0 Å². The van der Waals surface area contributed by atoms with E-state index in [0.29, 0.717) is 49.2 Å². The number of carbonyl (C=O) groups excluding carboxylic acids is 1. The molecule has 2 heterocycles. The van der Waals surface area contributed by atoms with Gasteiger partial charge in [-0.15, -0.1) is 0 Å². The van der Waals surface area contributed by atoms with E-state index in [9.17, 15) is 14.0 Å². The number of benzene rings is 1. The second-order valence-electron chi connectivity index (χ2n) is 6.45. The van der Waals surface area contributed by atoms with Gasteiger partial charge in [0, 0.05) is 42.5 Å². The van der Waals surface area contributed by atoms with Gasteiger partial charge >= 0.3 is 0 Å². The van der Waals surface area contributed by atoms with Gasteiger partial charge in [-0.3, -0.25) is 14.6 Å². The maximum Gasteiger partial charge on any atom is 0.255 e. The number of nitrogens with one attached hydrogen (secondary N) is 2. The molecule has 1 saturated heterocycles. The summed E-state index contributed by atoms with van der Waals surface area (Å²) in [6.07, 6.45) is 0.318. The van der Waals surface area contributed by atoms with Crippen LogP contribution in [-0.2, 0) is 16.0 Å². The van der Waals surface area contributed by atoms with E-state index in [2.05, 4.69) is 15.3 Å². The van der Waals surface area contributed by atoms with Crippen LogP contribution in [-0.4, -0.2) is 49.3 Å². The van der Waals surface area contributed by atoms with E-state index in [1.165, 1.54) is 19.2 Å². The summed E-state index contributed by atoms with van der Waals surface area (Å²) in [7, 11) is 1.37. The Kier molecular flexibility index (Phi) is 6.25. The Morgan fingerprint density at radius 3 is 2.79 bits per heavy atom. The first kappa shape index (κ1) is 19.8. The Balaban J connectivity index is 1.63. The summed E-state index contributed by atoms with van der Waals surface area (Å²) in [6, 6.07) is 4.18. The van der Waals surface area contributed by atoms with Gasteiger partial charge in [0.15, 0.2) is 11.6 Å². The van der Waals surface area contributed by atoms with Gasteiger partial charge in [0.1, 0.15) is 0 Å². The van der Waals surface area contributed by atoms with Crippen LogP contribution in [0.15, 0.2) is 23.0 Å². The molecule has 0 bridgehead atoms. The van der Waals surface area contributed by atoms with Crippen molar-refractivity contribution in [2.75, 3.05) is 43.6 Å². The summed E-state index contributed by atoms with van der Waals surface area (Å²) in [4.78, 5) is 33.8. The third-order valence-electron chi connectivity index (χ3n) is 4.56. The summed E-state index contributed by atoms with van der Waals surface area (Å²) >= 11 is 0. The molecule has 8 nitrogen and oxygen atoms in total. The summed E-state index contributed by atoms with van der Waals surface area (Å²) < 4.78 is 23.9. The average molecular weight is 390 g/mol. The number of carbonyl (C=O) groups is 1. The number of aryl methyl sites for hydroxylation is 1. The Labute approximate surface area is 161 Å². The van der Waals surface area contributed by atoms with Crippen molar-refractivity contribution in [1.82, 2.24) is 9.97 Å². The molecule has 0 atom stereocenters. The van der Waals surface area contributed by atoms with E-state index in [0.717, 1.165) is 0 Å². The van der Waals surface area contributed by atoms with Crippen LogP contribution in [0.2, 0.25) is 0 Å². The first-order valence-electron chi connectivity index (χ1n) is 9.04. The van der Waals surface area contributed by atoms with Gasteiger partial charge in [-0.1, -0.05) is 0 Å². The van der Waals surface area contributed by atoms with Crippen LogP contribution in [0, 0.1) is 12.7 Å². The second kappa shape index (κ2) is 8.83. The Bertz CT molecular complexity index is 909. The number of hydrogen-bond donors (Lipinski definition) is 2. The van der Waals surface area contributed by atoms with Crippen molar-refractivity contribution >= 4 is 17.5 Å². The van der Waals surface area contributed by atoms with Gasteiger partial charge in [-0.05, 0) is 25.5 Å². The van der Waals surface area contributed by atoms with Crippen LogP contribution in [0.3, 0.4) is 0 Å². The molecule has 3 rings (SSSR count). The molecule has 0 unspecified atom stereocenters. The zero-order valence-corrected chi connectivity index (χ0v) is 15.9. The molecule has 1 fully saturated rings. The molecule has 0 spiro atoms. The smallest absolute Gasteiger partial charge is 0.255 e. The van der Waals surface area contributed by atoms with Crippen LogP contribution in [0.1, 0.15) is 17.7 Å². The van der Waals surface area contributed by atoms with Crippen molar-refractivity contribution in [2.45, 2.75) is 19.8 Å². The molecule has 1 aromatic carbocycles. The Hall–Kier alpha value is -2.94. The predicted octanol–water partition coefficient (Wildman–Crippen LogP) is 1.63. The minimum atomic E-state index is -0.560. The zero-order chi connectivity index (χ0) is 20.1. The summed E-state index contributed by atoms with van der Waals surface area (Å²) in [5.41, 5.74) is 1.13. The number of nitrogens with zero attached hydrogens (tertiary/aromatic N) is 2. The number of rotatable bonds is 6. The molecule has 0 saturated carbocycles. The molecule has 1 amide bonds. The van der Waals surface area contributed by atoms with Crippen LogP contribution in [0.5, 0.6) is 5.75 Å². The first-order chi connectivity index (χ1) is 13.5. The first-order valence-corrected chi connectivity index (χ1v) is 9.04. The SMILES string of the molecule is COc1ccc(NC(=O)CCc2c(C)nc(N3CCOCC3)[nH]c2=O)cc1F. The summed E-state index contributed by atoms with van der Waals surface area (Å²) in [5, 5.41) is 2.62. The largest absolute Gasteiger partial charge is 0.494 e. The highest BCUT2D eigenvalue weighted by atomic mass is 19.1. The van der Waals surface area contributed by atoms with E-state index in [1.54, 1.807) is 13.0 Å². The van der Waals surface area contributed by atoms with Crippen molar-refractivity contribution in [3.63, 3.8) is 0 Å². The number of halogens is 1. The lowest BCUT2D eigenvalue weighted by Crippen LogP contribution is -2.38. The van der Waals surface area contributed by atoms with E-state index in [1.807, 2.05) is 4.90 Å². The summed E-state index contributed by atoms with van der Waals surface area (Å²) in [6.45, 7) is 4.28. The van der Waals surface area contributed by atoms with E-state index in [4.69, 9.17) is 9.47 Å². The Morgan fingerprint density at radius 2 is 2.14 bits per heavy atom. The molecule has 1 aromatic heterocycles. The highest BCUT2D eigenvalue weighted by molar-refractivity contribution is 5.90. The lowest BCUT2D eigenvalue weighted by atomic mass is 10.1. The minimum absolute atomic E-state index is 0.0795. The molecule has 0 radical (unpaired) electrons. The minimum Gasteiger partial charge on any atom is -0.494 e. The number of methoxy groups -OCH3 is 1. The van der Waals surface area contributed by atoms with Gasteiger partial charge in [0.25, 0.3) is 5.56 Å². The average Bonchev–Trinajstić information content (AvgIpc) is 2.68. The molecule has 28 heavy (non-hydrogen) atoms. The number of aromatic amines is 1.